The van der Waals surface area contributed by atoms with Crippen LogP contribution in [0.2, 0.25) is 0 Å². The van der Waals surface area contributed by atoms with Crippen molar-refractivity contribution in [3.63, 3.8) is 0 Å². The summed E-state index contributed by atoms with van der Waals surface area (Å²) in [6.07, 6.45) is 0. The van der Waals surface area contributed by atoms with E-state index in [1.165, 1.54) is 4.90 Å². The third kappa shape index (κ3) is 4.55. The van der Waals surface area contributed by atoms with Crippen molar-refractivity contribution in [3.05, 3.63) is 180 Å². The highest BCUT2D eigenvalue weighted by atomic mass is 16.2. The van der Waals surface area contributed by atoms with Gasteiger partial charge in [0.1, 0.15) is 0 Å². The molecule has 0 N–H and O–H groups in total. The van der Waals surface area contributed by atoms with Gasteiger partial charge in [-0.2, -0.15) is 5.26 Å². The number of carbonyl (C=O) groups excluding carboxylic acids is 2. The second-order valence-corrected chi connectivity index (χ2v) is 12.4. The summed E-state index contributed by atoms with van der Waals surface area (Å²) in [5, 5.41) is 11.9. The highest BCUT2D eigenvalue weighted by molar-refractivity contribution is 6.36. The van der Waals surface area contributed by atoms with E-state index in [0.717, 1.165) is 55.2 Å². The van der Waals surface area contributed by atoms with Gasteiger partial charge in [-0.05, 0) is 81.9 Å². The smallest absolute Gasteiger partial charge is 0.268 e. The van der Waals surface area contributed by atoms with Crippen LogP contribution < -0.4 is 4.90 Å². The zero-order chi connectivity index (χ0) is 33.8. The SMILES string of the molecule is N#Cc1ccccc1-c1ccc2c3ccccc3n(-c3cccc4c3C(=O)N(c3cc(-c5ccccc5)cc(-c5ccccc5)c3)C4=O)c2c1. The van der Waals surface area contributed by atoms with Crippen molar-refractivity contribution in [1.82, 2.24) is 4.57 Å². The first-order valence-corrected chi connectivity index (χ1v) is 16.4. The molecule has 0 spiro atoms. The fourth-order valence-corrected chi connectivity index (χ4v) is 7.25. The molecule has 8 aromatic rings. The molecule has 0 radical (unpaired) electrons. The van der Waals surface area contributed by atoms with E-state index in [1.54, 1.807) is 6.07 Å². The minimum atomic E-state index is -0.373. The molecule has 7 aromatic carbocycles. The van der Waals surface area contributed by atoms with Crippen molar-refractivity contribution in [2.24, 2.45) is 0 Å². The van der Waals surface area contributed by atoms with Crippen LogP contribution in [0, 0.1) is 11.3 Å². The highest BCUT2D eigenvalue weighted by Gasteiger charge is 2.39. The number of anilines is 1. The predicted molar refractivity (Wildman–Crippen MR) is 199 cm³/mol. The molecular formula is C45H27N3O2. The summed E-state index contributed by atoms with van der Waals surface area (Å²) in [6, 6.07) is 55.5. The Hall–Kier alpha value is -7.03. The van der Waals surface area contributed by atoms with Crippen LogP contribution in [0.4, 0.5) is 5.69 Å². The van der Waals surface area contributed by atoms with E-state index >= 15 is 0 Å². The zero-order valence-electron chi connectivity index (χ0n) is 26.7. The van der Waals surface area contributed by atoms with Gasteiger partial charge in [0.25, 0.3) is 11.8 Å². The van der Waals surface area contributed by atoms with Crippen LogP contribution in [0.5, 0.6) is 0 Å². The lowest BCUT2D eigenvalue weighted by Crippen LogP contribution is -2.29. The Bertz CT molecular complexity index is 2640. The van der Waals surface area contributed by atoms with Crippen molar-refractivity contribution in [2.75, 3.05) is 4.90 Å². The average Bonchev–Trinajstić information content (AvgIpc) is 3.65. The molecule has 9 rings (SSSR count). The number of nitrogens with zero attached hydrogens (tertiary/aromatic N) is 3. The van der Waals surface area contributed by atoms with Gasteiger partial charge < -0.3 is 4.57 Å². The van der Waals surface area contributed by atoms with Crippen LogP contribution in [0.1, 0.15) is 26.3 Å². The Morgan fingerprint density at radius 3 is 1.80 bits per heavy atom. The van der Waals surface area contributed by atoms with Gasteiger partial charge in [0.05, 0.1) is 45.2 Å². The Morgan fingerprint density at radius 2 is 1.08 bits per heavy atom. The predicted octanol–water partition coefficient (Wildman–Crippen LogP) is 10.5. The second-order valence-electron chi connectivity index (χ2n) is 12.4. The lowest BCUT2D eigenvalue weighted by atomic mass is 9.97. The third-order valence-electron chi connectivity index (χ3n) is 9.56. The number of benzene rings is 7. The lowest BCUT2D eigenvalue weighted by molar-refractivity contribution is 0.0926. The normalized spacial score (nSPS) is 12.4. The average molecular weight is 642 g/mol. The third-order valence-corrected chi connectivity index (χ3v) is 9.56. The summed E-state index contributed by atoms with van der Waals surface area (Å²) in [4.78, 5) is 30.4. The molecule has 2 amide bonds. The molecule has 50 heavy (non-hydrogen) atoms. The van der Waals surface area contributed by atoms with Crippen LogP contribution in [0.25, 0.3) is 60.9 Å². The number of aromatic nitrogens is 1. The first-order chi connectivity index (χ1) is 24.6. The summed E-state index contributed by atoms with van der Waals surface area (Å²) in [6.45, 7) is 0. The molecule has 234 valence electrons. The minimum Gasteiger partial charge on any atom is -0.308 e. The standard InChI is InChI=1S/C45H27N3O2/c46-28-32-16-7-8-17-36(32)31-22-23-38-37-18-9-10-20-40(37)48(42(38)27-31)41-21-11-19-39-43(41)45(50)47(44(39)49)35-25-33(29-12-3-1-4-13-29)24-34(26-35)30-14-5-2-6-15-30/h1-27H. The molecule has 0 saturated heterocycles. The van der Waals surface area contributed by atoms with E-state index in [9.17, 15) is 14.9 Å². The number of carbonyl (C=O) groups is 2. The van der Waals surface area contributed by atoms with Gasteiger partial charge in [-0.15, -0.1) is 0 Å². The van der Waals surface area contributed by atoms with Gasteiger partial charge in [0.15, 0.2) is 0 Å². The number of hydrogen-bond donors (Lipinski definition) is 0. The fourth-order valence-electron chi connectivity index (χ4n) is 7.25. The van der Waals surface area contributed by atoms with Crippen LogP contribution >= 0.6 is 0 Å². The van der Waals surface area contributed by atoms with E-state index in [-0.39, 0.29) is 11.8 Å². The van der Waals surface area contributed by atoms with Gasteiger partial charge in [-0.1, -0.05) is 115 Å². The maximum Gasteiger partial charge on any atom is 0.268 e. The first-order valence-electron chi connectivity index (χ1n) is 16.4. The van der Waals surface area contributed by atoms with E-state index in [4.69, 9.17) is 0 Å². The van der Waals surface area contributed by atoms with Crippen LogP contribution in [-0.2, 0) is 0 Å². The Labute approximate surface area is 288 Å². The topological polar surface area (TPSA) is 66.1 Å². The summed E-state index contributed by atoms with van der Waals surface area (Å²) >= 11 is 0. The molecule has 5 nitrogen and oxygen atoms in total. The maximum absolute atomic E-state index is 14.7. The number of amides is 2. The van der Waals surface area contributed by atoms with Crippen molar-refractivity contribution in [1.29, 1.82) is 5.26 Å². The molecule has 1 aromatic heterocycles. The molecule has 1 aliphatic heterocycles. The van der Waals surface area contributed by atoms with E-state index in [1.807, 2.05) is 133 Å². The van der Waals surface area contributed by atoms with Gasteiger partial charge in [-0.25, -0.2) is 4.90 Å². The molecule has 5 heteroatoms. The van der Waals surface area contributed by atoms with Gasteiger partial charge in [-0.3, -0.25) is 9.59 Å². The Balaban J connectivity index is 1.24. The second kappa shape index (κ2) is 11.6. The van der Waals surface area contributed by atoms with Crippen molar-refractivity contribution < 1.29 is 9.59 Å². The summed E-state index contributed by atoms with van der Waals surface area (Å²) in [5.74, 6) is -0.734. The molecule has 0 fully saturated rings. The van der Waals surface area contributed by atoms with Crippen LogP contribution in [0.3, 0.4) is 0 Å². The van der Waals surface area contributed by atoms with Crippen LogP contribution in [0.15, 0.2) is 164 Å². The molecule has 1 aliphatic rings. The number of para-hydroxylation sites is 1. The van der Waals surface area contributed by atoms with Gasteiger partial charge in [0, 0.05) is 10.8 Å². The fraction of sp³-hybridized carbons (Fsp3) is 0. The zero-order valence-corrected chi connectivity index (χ0v) is 26.7. The lowest BCUT2D eigenvalue weighted by Gasteiger charge is -2.18. The minimum absolute atomic E-state index is 0.356. The van der Waals surface area contributed by atoms with E-state index in [0.29, 0.717) is 28.1 Å². The molecule has 0 aliphatic carbocycles. The number of nitriles is 1. The summed E-state index contributed by atoms with van der Waals surface area (Å²) < 4.78 is 2.08. The van der Waals surface area contributed by atoms with E-state index < -0.39 is 0 Å². The highest BCUT2D eigenvalue weighted by Crippen LogP contribution is 2.41. The molecular weight excluding hydrogens is 615 g/mol. The number of rotatable bonds is 5. The summed E-state index contributed by atoms with van der Waals surface area (Å²) in [7, 11) is 0. The molecule has 0 atom stereocenters. The van der Waals surface area contributed by atoms with Crippen molar-refractivity contribution in [2.45, 2.75) is 0 Å². The Morgan fingerprint density at radius 1 is 0.460 bits per heavy atom. The Kier molecular flexibility index (Phi) is 6.75. The van der Waals surface area contributed by atoms with Crippen molar-refractivity contribution in [3.8, 4) is 45.1 Å². The number of hydrogen-bond acceptors (Lipinski definition) is 3. The number of fused-ring (bicyclic) bond motifs is 4. The largest absolute Gasteiger partial charge is 0.308 e. The first kappa shape index (κ1) is 29.1. The molecule has 0 unspecified atom stereocenters. The molecule has 2 heterocycles. The number of imide groups is 1. The molecule has 0 bridgehead atoms. The summed E-state index contributed by atoms with van der Waals surface area (Å²) in [5.41, 5.74) is 9.74. The van der Waals surface area contributed by atoms with Crippen LogP contribution in [-0.4, -0.2) is 16.4 Å². The monoisotopic (exact) mass is 641 g/mol. The van der Waals surface area contributed by atoms with Gasteiger partial charge >= 0.3 is 0 Å². The maximum atomic E-state index is 14.7. The van der Waals surface area contributed by atoms with Gasteiger partial charge in [0.2, 0.25) is 0 Å². The molecule has 0 saturated carbocycles. The quantitative estimate of drug-likeness (QED) is 0.176. The van der Waals surface area contributed by atoms with E-state index in [2.05, 4.69) is 34.9 Å². The van der Waals surface area contributed by atoms with Crippen molar-refractivity contribution >= 4 is 39.3 Å².